The van der Waals surface area contributed by atoms with Crippen LogP contribution < -0.4 is 5.32 Å². The van der Waals surface area contributed by atoms with Crippen LogP contribution in [-0.4, -0.2) is 51.7 Å². The van der Waals surface area contributed by atoms with Crippen LogP contribution in [0, 0.1) is 5.92 Å². The van der Waals surface area contributed by atoms with Crippen LogP contribution >= 0.6 is 0 Å². The molecule has 0 aliphatic carbocycles. The summed E-state index contributed by atoms with van der Waals surface area (Å²) in [6, 6.07) is 0.436. The summed E-state index contributed by atoms with van der Waals surface area (Å²) >= 11 is 0. The highest BCUT2D eigenvalue weighted by Gasteiger charge is 2.25. The minimum absolute atomic E-state index is 0.320. The maximum Gasteiger partial charge on any atom is 0.0808 e. The highest BCUT2D eigenvalue weighted by Crippen LogP contribution is 2.18. The molecule has 0 aromatic rings. The lowest BCUT2D eigenvalue weighted by molar-refractivity contribution is -0.0467. The van der Waals surface area contributed by atoms with Crippen LogP contribution in [0.5, 0.6) is 0 Å². The smallest absolute Gasteiger partial charge is 0.0808 e. The molecule has 19 heavy (non-hydrogen) atoms. The zero-order chi connectivity index (χ0) is 13.3. The molecule has 0 aromatic carbocycles. The Morgan fingerprint density at radius 3 is 2.89 bits per heavy atom. The molecule has 1 N–H and O–H groups in total. The van der Waals surface area contributed by atoms with E-state index in [0.717, 1.165) is 58.8 Å². The summed E-state index contributed by atoms with van der Waals surface area (Å²) in [6.45, 7) is 7.48. The molecule has 0 spiro atoms. The first-order valence-corrected chi connectivity index (χ1v) is 7.90. The third-order valence-electron chi connectivity index (χ3n) is 4.07. The van der Waals surface area contributed by atoms with Crippen molar-refractivity contribution in [3.05, 3.63) is 0 Å². The monoisotopic (exact) mass is 271 g/mol. The summed E-state index contributed by atoms with van der Waals surface area (Å²) in [4.78, 5) is 0. The van der Waals surface area contributed by atoms with E-state index in [1.54, 1.807) is 0 Å². The maximum absolute atomic E-state index is 5.90. The number of hydrogen-bond donors (Lipinski definition) is 1. The molecule has 0 amide bonds. The van der Waals surface area contributed by atoms with Crippen molar-refractivity contribution in [1.82, 2.24) is 5.32 Å². The normalized spacial score (nSPS) is 29.5. The van der Waals surface area contributed by atoms with E-state index >= 15 is 0 Å². The predicted molar refractivity (Wildman–Crippen MR) is 75.4 cm³/mol. The first-order valence-electron chi connectivity index (χ1n) is 7.90. The number of rotatable bonds is 8. The average molecular weight is 271 g/mol. The third kappa shape index (κ3) is 5.38. The van der Waals surface area contributed by atoms with Gasteiger partial charge < -0.3 is 19.5 Å². The molecular formula is C15H29NO3. The summed E-state index contributed by atoms with van der Waals surface area (Å²) in [5.41, 5.74) is 0. The number of hydrogen-bond acceptors (Lipinski definition) is 4. The third-order valence-corrected chi connectivity index (χ3v) is 4.07. The fourth-order valence-corrected chi connectivity index (χ4v) is 2.83. The van der Waals surface area contributed by atoms with E-state index < -0.39 is 0 Å². The van der Waals surface area contributed by atoms with Gasteiger partial charge in [-0.05, 0) is 38.6 Å². The van der Waals surface area contributed by atoms with Crippen LogP contribution in [0.15, 0.2) is 0 Å². The van der Waals surface area contributed by atoms with E-state index in [2.05, 4.69) is 12.2 Å². The molecule has 0 saturated carbocycles. The van der Waals surface area contributed by atoms with Crippen LogP contribution in [-0.2, 0) is 14.2 Å². The summed E-state index contributed by atoms with van der Waals surface area (Å²) in [5.74, 6) is 0.610. The Labute approximate surface area is 117 Å². The SMILES string of the molecule is CCCNC(COCC1CCCCO1)C1CCOC1. The zero-order valence-corrected chi connectivity index (χ0v) is 12.2. The van der Waals surface area contributed by atoms with Gasteiger partial charge in [-0.3, -0.25) is 0 Å². The fraction of sp³-hybridized carbons (Fsp3) is 1.00. The van der Waals surface area contributed by atoms with Gasteiger partial charge in [0.2, 0.25) is 0 Å². The molecule has 2 saturated heterocycles. The van der Waals surface area contributed by atoms with Crippen molar-refractivity contribution in [2.24, 2.45) is 5.92 Å². The van der Waals surface area contributed by atoms with E-state index in [-0.39, 0.29) is 0 Å². The molecule has 2 heterocycles. The van der Waals surface area contributed by atoms with Crippen LogP contribution in [0.1, 0.15) is 39.0 Å². The number of ether oxygens (including phenoxy) is 3. The molecular weight excluding hydrogens is 242 g/mol. The van der Waals surface area contributed by atoms with Gasteiger partial charge in [0, 0.05) is 25.2 Å². The Bertz CT molecular complexity index is 225. The summed E-state index contributed by atoms with van der Waals surface area (Å²) in [5, 5.41) is 3.60. The Balaban J connectivity index is 1.66. The summed E-state index contributed by atoms with van der Waals surface area (Å²) < 4.78 is 17.1. The summed E-state index contributed by atoms with van der Waals surface area (Å²) in [6.07, 6.45) is 6.28. The molecule has 0 aromatic heterocycles. The molecule has 0 bridgehead atoms. The van der Waals surface area contributed by atoms with Crippen LogP contribution in [0.2, 0.25) is 0 Å². The number of nitrogens with one attached hydrogen (secondary N) is 1. The van der Waals surface area contributed by atoms with Gasteiger partial charge in [0.25, 0.3) is 0 Å². The van der Waals surface area contributed by atoms with E-state index in [4.69, 9.17) is 14.2 Å². The summed E-state index contributed by atoms with van der Waals surface area (Å²) in [7, 11) is 0. The molecule has 2 rings (SSSR count). The van der Waals surface area contributed by atoms with E-state index in [1.165, 1.54) is 12.8 Å². The van der Waals surface area contributed by atoms with E-state index in [0.29, 0.717) is 18.1 Å². The molecule has 2 aliphatic heterocycles. The standard InChI is InChI=1S/C15H29NO3/c1-2-7-16-15(13-6-9-17-10-13)12-18-11-14-5-3-4-8-19-14/h13-16H,2-12H2,1H3. The van der Waals surface area contributed by atoms with Gasteiger partial charge in [0.1, 0.15) is 0 Å². The van der Waals surface area contributed by atoms with Crippen molar-refractivity contribution in [2.45, 2.75) is 51.2 Å². The first-order chi connectivity index (χ1) is 9.40. The van der Waals surface area contributed by atoms with Gasteiger partial charge >= 0.3 is 0 Å². The largest absolute Gasteiger partial charge is 0.381 e. The first kappa shape index (κ1) is 15.2. The van der Waals surface area contributed by atoms with Gasteiger partial charge in [0.05, 0.1) is 25.9 Å². The van der Waals surface area contributed by atoms with Crippen molar-refractivity contribution in [3.63, 3.8) is 0 Å². The second-order valence-corrected chi connectivity index (χ2v) is 5.71. The van der Waals surface area contributed by atoms with Crippen molar-refractivity contribution in [3.8, 4) is 0 Å². The van der Waals surface area contributed by atoms with E-state index in [1.807, 2.05) is 0 Å². The second-order valence-electron chi connectivity index (χ2n) is 5.71. The molecule has 112 valence electrons. The lowest BCUT2D eigenvalue weighted by Crippen LogP contribution is -2.41. The maximum atomic E-state index is 5.90. The Hall–Kier alpha value is -0.160. The van der Waals surface area contributed by atoms with Crippen LogP contribution in [0.25, 0.3) is 0 Å². The fourth-order valence-electron chi connectivity index (χ4n) is 2.83. The van der Waals surface area contributed by atoms with Crippen LogP contribution in [0.3, 0.4) is 0 Å². The second kappa shape index (κ2) is 8.90. The van der Waals surface area contributed by atoms with E-state index in [9.17, 15) is 0 Å². The Morgan fingerprint density at radius 1 is 1.26 bits per heavy atom. The van der Waals surface area contributed by atoms with Gasteiger partial charge in [-0.2, -0.15) is 0 Å². The lowest BCUT2D eigenvalue weighted by Gasteiger charge is -2.26. The quantitative estimate of drug-likeness (QED) is 0.733. The molecule has 4 heteroatoms. The molecule has 2 aliphatic rings. The molecule has 2 fully saturated rings. The highest BCUT2D eigenvalue weighted by molar-refractivity contribution is 4.79. The lowest BCUT2D eigenvalue weighted by atomic mass is 9.99. The predicted octanol–water partition coefficient (Wildman–Crippen LogP) is 1.98. The topological polar surface area (TPSA) is 39.7 Å². The zero-order valence-electron chi connectivity index (χ0n) is 12.2. The Morgan fingerprint density at radius 2 is 2.21 bits per heavy atom. The average Bonchev–Trinajstić information content (AvgIpc) is 2.98. The van der Waals surface area contributed by atoms with Gasteiger partial charge in [0.15, 0.2) is 0 Å². The van der Waals surface area contributed by atoms with Crippen molar-refractivity contribution >= 4 is 0 Å². The molecule has 3 unspecified atom stereocenters. The molecule has 0 radical (unpaired) electrons. The highest BCUT2D eigenvalue weighted by atomic mass is 16.5. The van der Waals surface area contributed by atoms with Gasteiger partial charge in [-0.25, -0.2) is 0 Å². The Kier molecular flexibility index (Phi) is 7.14. The van der Waals surface area contributed by atoms with Crippen molar-refractivity contribution in [2.75, 3.05) is 39.6 Å². The molecule has 3 atom stereocenters. The van der Waals surface area contributed by atoms with Gasteiger partial charge in [-0.1, -0.05) is 6.92 Å². The minimum atomic E-state index is 0.320. The van der Waals surface area contributed by atoms with Crippen molar-refractivity contribution in [1.29, 1.82) is 0 Å². The van der Waals surface area contributed by atoms with Crippen molar-refractivity contribution < 1.29 is 14.2 Å². The van der Waals surface area contributed by atoms with Crippen LogP contribution in [0.4, 0.5) is 0 Å². The minimum Gasteiger partial charge on any atom is -0.381 e. The van der Waals surface area contributed by atoms with Gasteiger partial charge in [-0.15, -0.1) is 0 Å². The molecule has 4 nitrogen and oxygen atoms in total.